The van der Waals surface area contributed by atoms with E-state index in [4.69, 9.17) is 14.2 Å². The molecule has 6 nitrogen and oxygen atoms in total. The van der Waals surface area contributed by atoms with Gasteiger partial charge in [0.15, 0.2) is 0 Å². The molecule has 2 aromatic carbocycles. The average Bonchev–Trinajstić information content (AvgIpc) is 3.38. The molecule has 2 bridgehead atoms. The average molecular weight is 395 g/mol. The molecule has 0 radical (unpaired) electrons. The van der Waals surface area contributed by atoms with Crippen LogP contribution in [0.2, 0.25) is 0 Å². The van der Waals surface area contributed by atoms with Gasteiger partial charge >= 0.3 is 12.1 Å². The summed E-state index contributed by atoms with van der Waals surface area (Å²) in [5.41, 5.74) is 1.88. The van der Waals surface area contributed by atoms with Crippen LogP contribution in [0.3, 0.4) is 0 Å². The molecule has 1 amide bonds. The standard InChI is InChI=1S/C23H25NO5/c1-27-22(25)20-18-12-13-19(29-18)21(20)24(14-16-8-4-2-5-9-16)23(26)28-15-17-10-6-3-7-11-17/h2-11,18-21H,12-15H2,1H3/t18-,19+,20+,21+/m0/s1. The number of carbonyl (C=O) groups excluding carboxylic acids is 2. The van der Waals surface area contributed by atoms with Crippen molar-refractivity contribution in [2.24, 2.45) is 5.92 Å². The fourth-order valence-electron chi connectivity index (χ4n) is 4.35. The maximum atomic E-state index is 13.1. The lowest BCUT2D eigenvalue weighted by atomic mass is 9.83. The highest BCUT2D eigenvalue weighted by atomic mass is 16.6. The van der Waals surface area contributed by atoms with Crippen molar-refractivity contribution >= 4 is 12.1 Å². The highest BCUT2D eigenvalue weighted by molar-refractivity contribution is 5.77. The molecule has 0 aromatic heterocycles. The van der Waals surface area contributed by atoms with Crippen LogP contribution in [0.15, 0.2) is 60.7 Å². The van der Waals surface area contributed by atoms with Crippen LogP contribution in [0, 0.1) is 5.92 Å². The number of benzene rings is 2. The van der Waals surface area contributed by atoms with E-state index in [0.717, 1.165) is 24.0 Å². The molecule has 2 fully saturated rings. The Kier molecular flexibility index (Phi) is 5.81. The molecule has 0 N–H and O–H groups in total. The van der Waals surface area contributed by atoms with Gasteiger partial charge in [-0.2, -0.15) is 0 Å². The van der Waals surface area contributed by atoms with Gasteiger partial charge in [-0.25, -0.2) is 4.79 Å². The first-order chi connectivity index (χ1) is 14.2. The Hall–Kier alpha value is -2.86. The van der Waals surface area contributed by atoms with Crippen molar-refractivity contribution in [3.8, 4) is 0 Å². The number of hydrogen-bond acceptors (Lipinski definition) is 5. The van der Waals surface area contributed by atoms with E-state index in [0.29, 0.717) is 6.54 Å². The van der Waals surface area contributed by atoms with E-state index in [1.54, 1.807) is 4.90 Å². The van der Waals surface area contributed by atoms with Gasteiger partial charge in [0.25, 0.3) is 0 Å². The molecule has 2 aliphatic heterocycles. The molecule has 0 aliphatic carbocycles. The molecule has 2 saturated heterocycles. The predicted octanol–water partition coefficient (Wildman–Crippen LogP) is 3.54. The maximum Gasteiger partial charge on any atom is 0.410 e. The molecule has 0 spiro atoms. The first-order valence-corrected chi connectivity index (χ1v) is 9.92. The Morgan fingerprint density at radius 3 is 2.24 bits per heavy atom. The number of amides is 1. The van der Waals surface area contributed by atoms with E-state index in [9.17, 15) is 9.59 Å². The fourth-order valence-corrected chi connectivity index (χ4v) is 4.35. The normalized spacial score (nSPS) is 24.9. The van der Waals surface area contributed by atoms with E-state index in [2.05, 4.69) is 0 Å². The number of methoxy groups -OCH3 is 1. The predicted molar refractivity (Wildman–Crippen MR) is 106 cm³/mol. The Bertz CT molecular complexity index is 841. The Morgan fingerprint density at radius 2 is 1.59 bits per heavy atom. The summed E-state index contributed by atoms with van der Waals surface area (Å²) in [6.07, 6.45) is 0.779. The minimum absolute atomic E-state index is 0.176. The second kappa shape index (κ2) is 8.66. The van der Waals surface area contributed by atoms with Gasteiger partial charge in [0.2, 0.25) is 0 Å². The van der Waals surface area contributed by atoms with Crippen LogP contribution < -0.4 is 0 Å². The molecule has 2 aromatic rings. The molecule has 6 heteroatoms. The first-order valence-electron chi connectivity index (χ1n) is 9.92. The molecule has 0 saturated carbocycles. The van der Waals surface area contributed by atoms with E-state index in [1.807, 2.05) is 60.7 Å². The SMILES string of the molecule is COC(=O)[C@H]1[C@H](N(Cc2ccccc2)C(=O)OCc2ccccc2)[C@H]2CC[C@@H]1O2. The van der Waals surface area contributed by atoms with Gasteiger partial charge in [-0.05, 0) is 24.0 Å². The van der Waals surface area contributed by atoms with Crippen molar-refractivity contribution in [3.05, 3.63) is 71.8 Å². The smallest absolute Gasteiger partial charge is 0.410 e. The van der Waals surface area contributed by atoms with E-state index in [1.165, 1.54) is 7.11 Å². The van der Waals surface area contributed by atoms with Crippen molar-refractivity contribution in [2.75, 3.05) is 7.11 Å². The molecular weight excluding hydrogens is 370 g/mol. The summed E-state index contributed by atoms with van der Waals surface area (Å²) in [6.45, 7) is 0.523. The molecule has 29 heavy (non-hydrogen) atoms. The number of nitrogens with zero attached hydrogens (tertiary/aromatic N) is 1. The van der Waals surface area contributed by atoms with E-state index in [-0.39, 0.29) is 24.8 Å². The van der Waals surface area contributed by atoms with Crippen LogP contribution in [0.4, 0.5) is 4.79 Å². The molecule has 2 aliphatic rings. The summed E-state index contributed by atoms with van der Waals surface area (Å²) in [7, 11) is 1.38. The van der Waals surface area contributed by atoms with Gasteiger partial charge in [-0.3, -0.25) is 9.69 Å². The van der Waals surface area contributed by atoms with Gasteiger partial charge in [0.1, 0.15) is 12.5 Å². The van der Waals surface area contributed by atoms with Crippen LogP contribution in [0.5, 0.6) is 0 Å². The molecule has 0 unspecified atom stereocenters. The largest absolute Gasteiger partial charge is 0.469 e. The zero-order valence-electron chi connectivity index (χ0n) is 16.4. The van der Waals surface area contributed by atoms with Crippen molar-refractivity contribution in [2.45, 2.75) is 44.2 Å². The molecule has 2 heterocycles. The van der Waals surface area contributed by atoms with Crippen LogP contribution >= 0.6 is 0 Å². The van der Waals surface area contributed by atoms with Crippen molar-refractivity contribution in [1.82, 2.24) is 4.90 Å². The number of carbonyl (C=O) groups is 2. The third-order valence-corrected chi connectivity index (χ3v) is 5.70. The van der Waals surface area contributed by atoms with Crippen molar-refractivity contribution in [3.63, 3.8) is 0 Å². The second-order valence-corrected chi connectivity index (χ2v) is 7.48. The number of hydrogen-bond donors (Lipinski definition) is 0. The highest BCUT2D eigenvalue weighted by Crippen LogP contribution is 2.43. The summed E-state index contributed by atoms with van der Waals surface area (Å²) in [4.78, 5) is 27.3. The highest BCUT2D eigenvalue weighted by Gasteiger charge is 2.56. The topological polar surface area (TPSA) is 65.1 Å². The lowest BCUT2D eigenvalue weighted by Crippen LogP contribution is -2.52. The zero-order chi connectivity index (χ0) is 20.2. The Labute approximate surface area is 170 Å². The number of rotatable bonds is 6. The van der Waals surface area contributed by atoms with Crippen LogP contribution in [-0.2, 0) is 32.2 Å². The van der Waals surface area contributed by atoms with E-state index >= 15 is 0 Å². The minimum Gasteiger partial charge on any atom is -0.469 e. The summed E-state index contributed by atoms with van der Waals surface area (Å²) in [5, 5.41) is 0. The van der Waals surface area contributed by atoms with E-state index < -0.39 is 18.1 Å². The molecular formula is C23H25NO5. The van der Waals surface area contributed by atoms with Crippen LogP contribution in [0.1, 0.15) is 24.0 Å². The zero-order valence-corrected chi connectivity index (χ0v) is 16.4. The van der Waals surface area contributed by atoms with Crippen LogP contribution in [-0.4, -0.2) is 42.3 Å². The number of esters is 1. The van der Waals surface area contributed by atoms with Gasteiger partial charge in [-0.1, -0.05) is 60.7 Å². The van der Waals surface area contributed by atoms with Gasteiger partial charge < -0.3 is 14.2 Å². The summed E-state index contributed by atoms with van der Waals surface area (Å²) < 4.78 is 16.7. The number of fused-ring (bicyclic) bond motifs is 2. The van der Waals surface area contributed by atoms with Gasteiger partial charge in [0, 0.05) is 6.54 Å². The third-order valence-electron chi connectivity index (χ3n) is 5.70. The van der Waals surface area contributed by atoms with Gasteiger partial charge in [-0.15, -0.1) is 0 Å². The lowest BCUT2D eigenvalue weighted by molar-refractivity contribution is -0.148. The molecule has 4 rings (SSSR count). The number of ether oxygens (including phenoxy) is 3. The summed E-state index contributed by atoms with van der Waals surface area (Å²) in [5.74, 6) is -0.831. The maximum absolute atomic E-state index is 13.1. The summed E-state index contributed by atoms with van der Waals surface area (Å²) >= 11 is 0. The van der Waals surface area contributed by atoms with Gasteiger partial charge in [0.05, 0.1) is 25.4 Å². The molecule has 4 atom stereocenters. The third kappa shape index (κ3) is 4.12. The quantitative estimate of drug-likeness (QED) is 0.700. The Morgan fingerprint density at radius 1 is 0.966 bits per heavy atom. The Balaban J connectivity index is 1.57. The van der Waals surface area contributed by atoms with Crippen molar-refractivity contribution in [1.29, 1.82) is 0 Å². The second-order valence-electron chi connectivity index (χ2n) is 7.48. The van der Waals surface area contributed by atoms with Crippen molar-refractivity contribution < 1.29 is 23.8 Å². The monoisotopic (exact) mass is 395 g/mol. The minimum atomic E-state index is -0.494. The first kappa shape index (κ1) is 19.5. The fraction of sp³-hybridized carbons (Fsp3) is 0.391. The molecule has 152 valence electrons. The lowest BCUT2D eigenvalue weighted by Gasteiger charge is -2.35. The van der Waals surface area contributed by atoms with Crippen LogP contribution in [0.25, 0.3) is 0 Å². The summed E-state index contributed by atoms with van der Waals surface area (Å²) in [6, 6.07) is 18.8.